The van der Waals surface area contributed by atoms with Gasteiger partial charge >= 0.3 is 0 Å². The van der Waals surface area contributed by atoms with E-state index in [0.717, 1.165) is 0 Å². The molecule has 2 rings (SSSR count). The number of aromatic nitrogens is 2. The van der Waals surface area contributed by atoms with E-state index in [1.54, 1.807) is 24.3 Å². The number of nitrogens with zero attached hydrogens (tertiary/aromatic N) is 3. The minimum absolute atomic E-state index is 0.190. The molecule has 0 bridgehead atoms. The molecule has 1 heterocycles. The van der Waals surface area contributed by atoms with Gasteiger partial charge in [-0.05, 0) is 24.6 Å². The van der Waals surface area contributed by atoms with Gasteiger partial charge in [0, 0.05) is 18.7 Å². The average Bonchev–Trinajstić information content (AvgIpc) is 2.57. The molecular formula is C15H13Cl2N5O. The maximum Gasteiger partial charge on any atom is 0.251 e. The molecule has 23 heavy (non-hydrogen) atoms. The Balaban J connectivity index is 1.73. The Bertz CT molecular complexity index is 745. The number of halogens is 2. The number of hydrogen-bond acceptors (Lipinski definition) is 5. The van der Waals surface area contributed by atoms with Crippen molar-refractivity contribution in [3.8, 4) is 6.07 Å². The van der Waals surface area contributed by atoms with Crippen LogP contribution in [0.3, 0.4) is 0 Å². The third-order valence-electron chi connectivity index (χ3n) is 2.88. The molecule has 1 amide bonds. The highest BCUT2D eigenvalue weighted by Crippen LogP contribution is 2.18. The molecule has 0 unspecified atom stereocenters. The summed E-state index contributed by atoms with van der Waals surface area (Å²) in [6.07, 6.45) is 2.09. The summed E-state index contributed by atoms with van der Waals surface area (Å²) >= 11 is 11.5. The van der Waals surface area contributed by atoms with Gasteiger partial charge in [-0.25, -0.2) is 4.98 Å². The second-order valence-corrected chi connectivity index (χ2v) is 5.33. The van der Waals surface area contributed by atoms with Gasteiger partial charge in [-0.3, -0.25) is 4.79 Å². The molecular weight excluding hydrogens is 337 g/mol. The Labute approximate surface area is 143 Å². The molecule has 0 aliphatic carbocycles. The zero-order valence-electron chi connectivity index (χ0n) is 12.0. The van der Waals surface area contributed by atoms with Crippen LogP contribution in [0.4, 0.5) is 5.95 Å². The van der Waals surface area contributed by atoms with Gasteiger partial charge in [0.15, 0.2) is 5.15 Å². The number of hydrogen-bond donors (Lipinski definition) is 2. The minimum atomic E-state index is -0.215. The zero-order chi connectivity index (χ0) is 16.7. The molecule has 0 aliphatic rings. The molecule has 2 aromatic rings. The third kappa shape index (κ3) is 5.09. The molecule has 0 aliphatic heterocycles. The highest BCUT2D eigenvalue weighted by atomic mass is 35.5. The van der Waals surface area contributed by atoms with E-state index >= 15 is 0 Å². The number of anilines is 1. The van der Waals surface area contributed by atoms with E-state index < -0.39 is 0 Å². The molecule has 0 saturated carbocycles. The van der Waals surface area contributed by atoms with Crippen LogP contribution in [0.1, 0.15) is 22.3 Å². The van der Waals surface area contributed by atoms with Crippen LogP contribution in [-0.4, -0.2) is 29.0 Å². The Kier molecular flexibility index (Phi) is 6.15. The first kappa shape index (κ1) is 17.0. The highest BCUT2D eigenvalue weighted by Gasteiger charge is 2.06. The van der Waals surface area contributed by atoms with Crippen molar-refractivity contribution >= 4 is 35.1 Å². The summed E-state index contributed by atoms with van der Waals surface area (Å²) in [7, 11) is 0. The fourth-order valence-electron chi connectivity index (χ4n) is 1.75. The first-order valence-electron chi connectivity index (χ1n) is 6.80. The Morgan fingerprint density at radius 3 is 2.87 bits per heavy atom. The molecule has 0 spiro atoms. The minimum Gasteiger partial charge on any atom is -0.354 e. The van der Waals surface area contributed by atoms with Gasteiger partial charge in [0.1, 0.15) is 0 Å². The lowest BCUT2D eigenvalue weighted by Crippen LogP contribution is -2.26. The van der Waals surface area contributed by atoms with Crippen molar-refractivity contribution in [3.05, 3.63) is 51.8 Å². The van der Waals surface area contributed by atoms with E-state index in [-0.39, 0.29) is 11.1 Å². The Morgan fingerprint density at radius 1 is 1.30 bits per heavy atom. The lowest BCUT2D eigenvalue weighted by molar-refractivity contribution is 0.0953. The summed E-state index contributed by atoms with van der Waals surface area (Å²) in [4.78, 5) is 19.9. The second-order valence-electron chi connectivity index (χ2n) is 4.56. The van der Waals surface area contributed by atoms with Crippen LogP contribution in [-0.2, 0) is 0 Å². The van der Waals surface area contributed by atoms with Crippen LogP contribution in [0.2, 0.25) is 10.2 Å². The Hall–Kier alpha value is -2.36. The number of amides is 1. The topological polar surface area (TPSA) is 90.7 Å². The summed E-state index contributed by atoms with van der Waals surface area (Å²) in [5.41, 5.74) is 0.918. The largest absolute Gasteiger partial charge is 0.354 e. The van der Waals surface area contributed by atoms with Gasteiger partial charge < -0.3 is 10.6 Å². The average molecular weight is 350 g/mol. The molecule has 118 valence electrons. The molecule has 1 aromatic heterocycles. The van der Waals surface area contributed by atoms with Crippen LogP contribution in [0, 0.1) is 11.3 Å². The molecule has 1 aromatic carbocycles. The van der Waals surface area contributed by atoms with Crippen molar-refractivity contribution in [1.29, 1.82) is 5.26 Å². The van der Waals surface area contributed by atoms with Gasteiger partial charge in [0.2, 0.25) is 5.95 Å². The standard InChI is InChI=1S/C15H13Cl2N5O/c16-12-9-21-15(22-13(12)17)20-6-2-5-19-14(23)11-4-1-3-10(7-11)8-18/h1,3-4,7,9H,2,5-6H2,(H,19,23)(H,20,21,22). The fraction of sp³-hybridized carbons (Fsp3) is 0.200. The number of carbonyl (C=O) groups is 1. The van der Waals surface area contributed by atoms with E-state index in [0.29, 0.717) is 41.6 Å². The Morgan fingerprint density at radius 2 is 2.13 bits per heavy atom. The van der Waals surface area contributed by atoms with Crippen LogP contribution in [0.15, 0.2) is 30.5 Å². The predicted octanol–water partition coefficient (Wildman–Crippen LogP) is 2.89. The summed E-state index contributed by atoms with van der Waals surface area (Å²) in [6, 6.07) is 8.55. The van der Waals surface area contributed by atoms with E-state index in [2.05, 4.69) is 20.6 Å². The molecule has 2 N–H and O–H groups in total. The smallest absolute Gasteiger partial charge is 0.251 e. The first-order chi connectivity index (χ1) is 11.1. The lowest BCUT2D eigenvalue weighted by Gasteiger charge is -2.07. The van der Waals surface area contributed by atoms with Crippen LogP contribution in [0.5, 0.6) is 0 Å². The van der Waals surface area contributed by atoms with E-state index in [1.165, 1.54) is 6.20 Å². The van der Waals surface area contributed by atoms with Crippen LogP contribution in [0.25, 0.3) is 0 Å². The summed E-state index contributed by atoms with van der Waals surface area (Å²) in [5.74, 6) is 0.167. The zero-order valence-corrected chi connectivity index (χ0v) is 13.5. The number of nitrogens with one attached hydrogen (secondary N) is 2. The molecule has 0 fully saturated rings. The summed E-state index contributed by atoms with van der Waals surface area (Å²) in [6.45, 7) is 1.04. The molecule has 0 atom stereocenters. The lowest BCUT2D eigenvalue weighted by atomic mass is 10.1. The SMILES string of the molecule is N#Cc1cccc(C(=O)NCCCNc2ncc(Cl)c(Cl)n2)c1. The van der Waals surface area contributed by atoms with Gasteiger partial charge in [0.25, 0.3) is 5.91 Å². The van der Waals surface area contributed by atoms with Gasteiger partial charge in [0.05, 0.1) is 22.9 Å². The number of benzene rings is 1. The predicted molar refractivity (Wildman–Crippen MR) is 88.6 cm³/mol. The molecule has 6 nitrogen and oxygen atoms in total. The molecule has 8 heteroatoms. The van der Waals surface area contributed by atoms with Crippen LogP contribution < -0.4 is 10.6 Å². The van der Waals surface area contributed by atoms with Crippen molar-refractivity contribution in [2.24, 2.45) is 0 Å². The third-order valence-corrected chi connectivity index (χ3v) is 3.54. The number of nitriles is 1. The first-order valence-corrected chi connectivity index (χ1v) is 7.56. The van der Waals surface area contributed by atoms with Gasteiger partial charge in [-0.2, -0.15) is 10.2 Å². The maximum atomic E-state index is 11.9. The summed E-state index contributed by atoms with van der Waals surface area (Å²) in [5, 5.41) is 15.1. The van der Waals surface area contributed by atoms with Crippen LogP contribution >= 0.6 is 23.2 Å². The summed E-state index contributed by atoms with van der Waals surface area (Å²) < 4.78 is 0. The van der Waals surface area contributed by atoms with Crippen molar-refractivity contribution in [1.82, 2.24) is 15.3 Å². The van der Waals surface area contributed by atoms with E-state index in [4.69, 9.17) is 28.5 Å². The second kappa shape index (κ2) is 8.32. The highest BCUT2D eigenvalue weighted by molar-refractivity contribution is 6.41. The normalized spacial score (nSPS) is 9.96. The molecule has 0 radical (unpaired) electrons. The van der Waals surface area contributed by atoms with Crippen molar-refractivity contribution in [3.63, 3.8) is 0 Å². The van der Waals surface area contributed by atoms with E-state index in [9.17, 15) is 4.79 Å². The number of carbonyl (C=O) groups excluding carboxylic acids is 1. The number of rotatable bonds is 6. The fourth-order valence-corrected chi connectivity index (χ4v) is 1.97. The van der Waals surface area contributed by atoms with Crippen molar-refractivity contribution < 1.29 is 4.79 Å². The monoisotopic (exact) mass is 349 g/mol. The van der Waals surface area contributed by atoms with Gasteiger partial charge in [-0.15, -0.1) is 0 Å². The van der Waals surface area contributed by atoms with E-state index in [1.807, 2.05) is 6.07 Å². The van der Waals surface area contributed by atoms with Crippen molar-refractivity contribution in [2.75, 3.05) is 18.4 Å². The quantitative estimate of drug-likeness (QED) is 0.618. The maximum absolute atomic E-state index is 11.9. The van der Waals surface area contributed by atoms with Gasteiger partial charge in [-0.1, -0.05) is 29.3 Å². The van der Waals surface area contributed by atoms with Crippen molar-refractivity contribution in [2.45, 2.75) is 6.42 Å². The molecule has 0 saturated heterocycles.